The Morgan fingerprint density at radius 1 is 1.35 bits per heavy atom. The number of ether oxygens (including phenoxy) is 1. The molecule has 1 aromatic rings. The molecule has 1 N–H and O–H groups in total. The largest absolute Gasteiger partial charge is 0.377 e. The Morgan fingerprint density at radius 2 is 2.06 bits per heavy atom. The molecule has 94 valence electrons. The van der Waals surface area contributed by atoms with Crippen molar-refractivity contribution in [3.05, 3.63) is 27.8 Å². The molecule has 1 aliphatic heterocycles. The standard InChI is InChI=1S/C11H14INO3S/c12-9-3-5-11(6-4-9)17(14,15)13-8-10-2-1-7-16-10/h3-6,10,13H,1-2,7-8H2/t10-/m0/s1. The maximum Gasteiger partial charge on any atom is 0.240 e. The molecule has 0 saturated carbocycles. The van der Waals surface area contributed by atoms with Crippen molar-refractivity contribution in [2.45, 2.75) is 23.8 Å². The minimum atomic E-state index is -3.40. The molecule has 2 rings (SSSR count). The van der Waals surface area contributed by atoms with Gasteiger partial charge in [0.15, 0.2) is 0 Å². The van der Waals surface area contributed by atoms with E-state index in [4.69, 9.17) is 4.74 Å². The third kappa shape index (κ3) is 3.64. The molecule has 6 heteroatoms. The van der Waals surface area contributed by atoms with Crippen molar-refractivity contribution in [3.63, 3.8) is 0 Å². The average Bonchev–Trinajstić information content (AvgIpc) is 2.80. The lowest BCUT2D eigenvalue weighted by Crippen LogP contribution is -2.31. The fourth-order valence-electron chi connectivity index (χ4n) is 1.71. The van der Waals surface area contributed by atoms with Crippen LogP contribution < -0.4 is 4.72 Å². The van der Waals surface area contributed by atoms with Gasteiger partial charge in [-0.2, -0.15) is 0 Å². The van der Waals surface area contributed by atoms with E-state index in [1.807, 2.05) is 0 Å². The van der Waals surface area contributed by atoms with Gasteiger partial charge in [-0.15, -0.1) is 0 Å². The summed E-state index contributed by atoms with van der Waals surface area (Å²) in [6.07, 6.45) is 1.96. The molecular formula is C11H14INO3S. The van der Waals surface area contributed by atoms with Gasteiger partial charge >= 0.3 is 0 Å². The molecule has 4 nitrogen and oxygen atoms in total. The summed E-state index contributed by atoms with van der Waals surface area (Å²) in [6.45, 7) is 1.09. The molecule has 17 heavy (non-hydrogen) atoms. The van der Waals surface area contributed by atoms with Gasteiger partial charge in [-0.1, -0.05) is 0 Å². The zero-order chi connectivity index (χ0) is 12.3. The molecule has 1 aliphatic rings. The van der Waals surface area contributed by atoms with Crippen molar-refractivity contribution >= 4 is 32.6 Å². The van der Waals surface area contributed by atoms with E-state index in [1.165, 1.54) is 0 Å². The molecule has 1 saturated heterocycles. The SMILES string of the molecule is O=S(=O)(NC[C@@H]1CCCO1)c1ccc(I)cc1. The van der Waals surface area contributed by atoms with Crippen LogP contribution in [0.1, 0.15) is 12.8 Å². The molecule has 0 amide bonds. The zero-order valence-electron chi connectivity index (χ0n) is 9.23. The Bertz CT molecular complexity index is 466. The van der Waals surface area contributed by atoms with Gasteiger partial charge in [-0.3, -0.25) is 0 Å². The monoisotopic (exact) mass is 367 g/mol. The summed E-state index contributed by atoms with van der Waals surface area (Å²) in [5.41, 5.74) is 0. The minimum absolute atomic E-state index is 0.0219. The van der Waals surface area contributed by atoms with Gasteiger partial charge in [0.05, 0.1) is 11.0 Å². The number of hydrogen-bond donors (Lipinski definition) is 1. The third-order valence-corrected chi connectivity index (χ3v) is 4.81. The highest BCUT2D eigenvalue weighted by atomic mass is 127. The molecule has 1 atom stereocenters. The fourth-order valence-corrected chi connectivity index (χ4v) is 3.13. The molecule has 0 aromatic heterocycles. The number of hydrogen-bond acceptors (Lipinski definition) is 3. The summed E-state index contributed by atoms with van der Waals surface area (Å²) >= 11 is 2.14. The van der Waals surface area contributed by atoms with Crippen molar-refractivity contribution in [3.8, 4) is 0 Å². The minimum Gasteiger partial charge on any atom is -0.377 e. The number of benzene rings is 1. The van der Waals surface area contributed by atoms with Crippen LogP contribution in [0.4, 0.5) is 0 Å². The van der Waals surface area contributed by atoms with Gasteiger partial charge in [0.2, 0.25) is 10.0 Å². The van der Waals surface area contributed by atoms with Gasteiger partial charge in [-0.05, 0) is 59.7 Å². The Hall–Kier alpha value is -0.180. The van der Waals surface area contributed by atoms with E-state index >= 15 is 0 Å². The van der Waals surface area contributed by atoms with Crippen molar-refractivity contribution < 1.29 is 13.2 Å². The summed E-state index contributed by atoms with van der Waals surface area (Å²) < 4.78 is 32.8. The number of nitrogens with one attached hydrogen (secondary N) is 1. The first kappa shape index (κ1) is 13.3. The first-order valence-electron chi connectivity index (χ1n) is 5.45. The predicted octanol–water partition coefficient (Wildman–Crippen LogP) is 1.75. The molecule has 1 fully saturated rings. The topological polar surface area (TPSA) is 55.4 Å². The van der Waals surface area contributed by atoms with Crippen LogP contribution in [0.25, 0.3) is 0 Å². The van der Waals surface area contributed by atoms with E-state index in [0.717, 1.165) is 23.0 Å². The van der Waals surface area contributed by atoms with Crippen molar-refractivity contribution in [2.24, 2.45) is 0 Å². The van der Waals surface area contributed by atoms with E-state index < -0.39 is 10.0 Å². The fraction of sp³-hybridized carbons (Fsp3) is 0.455. The lowest BCUT2D eigenvalue weighted by molar-refractivity contribution is 0.114. The molecule has 0 aliphatic carbocycles. The second-order valence-corrected chi connectivity index (χ2v) is 6.95. The van der Waals surface area contributed by atoms with Crippen LogP contribution in [-0.4, -0.2) is 27.7 Å². The lowest BCUT2D eigenvalue weighted by Gasteiger charge is -2.11. The second-order valence-electron chi connectivity index (χ2n) is 3.94. The van der Waals surface area contributed by atoms with Gasteiger partial charge in [0.25, 0.3) is 0 Å². The van der Waals surface area contributed by atoms with Crippen LogP contribution in [0.3, 0.4) is 0 Å². The predicted molar refractivity (Wildman–Crippen MR) is 73.3 cm³/mol. The van der Waals surface area contributed by atoms with Gasteiger partial charge in [0, 0.05) is 16.7 Å². The van der Waals surface area contributed by atoms with E-state index in [-0.39, 0.29) is 6.10 Å². The van der Waals surface area contributed by atoms with Crippen molar-refractivity contribution in [1.29, 1.82) is 0 Å². The van der Waals surface area contributed by atoms with Crippen LogP contribution in [0.15, 0.2) is 29.2 Å². The maximum atomic E-state index is 11.9. The Kier molecular flexibility index (Phi) is 4.40. The Morgan fingerprint density at radius 3 is 2.65 bits per heavy atom. The number of sulfonamides is 1. The molecule has 0 bridgehead atoms. The van der Waals surface area contributed by atoms with E-state index in [9.17, 15) is 8.42 Å². The number of rotatable bonds is 4. The lowest BCUT2D eigenvalue weighted by atomic mass is 10.2. The van der Waals surface area contributed by atoms with Crippen molar-refractivity contribution in [1.82, 2.24) is 4.72 Å². The van der Waals surface area contributed by atoms with Crippen LogP contribution >= 0.6 is 22.6 Å². The molecule has 0 radical (unpaired) electrons. The van der Waals surface area contributed by atoms with Gasteiger partial charge < -0.3 is 4.74 Å². The Labute approximate surface area is 115 Å². The van der Waals surface area contributed by atoms with Crippen LogP contribution in [-0.2, 0) is 14.8 Å². The first-order chi connectivity index (χ1) is 8.08. The number of halogens is 1. The highest BCUT2D eigenvalue weighted by Crippen LogP contribution is 2.14. The van der Waals surface area contributed by atoms with Crippen LogP contribution in [0, 0.1) is 3.57 Å². The van der Waals surface area contributed by atoms with Crippen molar-refractivity contribution in [2.75, 3.05) is 13.2 Å². The maximum absolute atomic E-state index is 11.9. The smallest absolute Gasteiger partial charge is 0.240 e. The molecule has 1 aromatic carbocycles. The third-order valence-electron chi connectivity index (χ3n) is 2.65. The zero-order valence-corrected chi connectivity index (χ0v) is 12.2. The van der Waals surface area contributed by atoms with E-state index in [1.54, 1.807) is 24.3 Å². The Balaban J connectivity index is 2.00. The molecular weight excluding hydrogens is 353 g/mol. The highest BCUT2D eigenvalue weighted by molar-refractivity contribution is 14.1. The summed E-state index contributed by atoms with van der Waals surface area (Å²) in [6, 6.07) is 6.78. The highest BCUT2D eigenvalue weighted by Gasteiger charge is 2.19. The van der Waals surface area contributed by atoms with Gasteiger partial charge in [0.1, 0.15) is 0 Å². The molecule has 0 unspecified atom stereocenters. The summed E-state index contributed by atoms with van der Waals surface area (Å²) in [4.78, 5) is 0.302. The summed E-state index contributed by atoms with van der Waals surface area (Å²) in [5.74, 6) is 0. The molecule has 1 heterocycles. The van der Waals surface area contributed by atoms with E-state index in [2.05, 4.69) is 27.3 Å². The van der Waals surface area contributed by atoms with E-state index in [0.29, 0.717) is 11.4 Å². The average molecular weight is 367 g/mol. The van der Waals surface area contributed by atoms with Crippen LogP contribution in [0.2, 0.25) is 0 Å². The van der Waals surface area contributed by atoms with Gasteiger partial charge in [-0.25, -0.2) is 13.1 Å². The summed E-state index contributed by atoms with van der Waals surface area (Å²) in [5, 5.41) is 0. The van der Waals surface area contributed by atoms with Crippen LogP contribution in [0.5, 0.6) is 0 Å². The summed E-state index contributed by atoms with van der Waals surface area (Å²) in [7, 11) is -3.40. The second kappa shape index (κ2) is 5.64. The quantitative estimate of drug-likeness (QED) is 0.826. The first-order valence-corrected chi connectivity index (χ1v) is 8.01. The molecule has 0 spiro atoms. The normalized spacial score (nSPS) is 20.6.